The molecule has 0 aliphatic carbocycles. The van der Waals surface area contributed by atoms with Crippen molar-refractivity contribution in [3.05, 3.63) is 11.8 Å². The summed E-state index contributed by atoms with van der Waals surface area (Å²) in [6.07, 6.45) is 3.73. The van der Waals surface area contributed by atoms with Crippen LogP contribution in [0.5, 0.6) is 0 Å². The van der Waals surface area contributed by atoms with Gasteiger partial charge in [-0.1, -0.05) is 0 Å². The van der Waals surface area contributed by atoms with Gasteiger partial charge in [0.2, 0.25) is 0 Å². The van der Waals surface area contributed by atoms with Crippen LogP contribution >= 0.6 is 0 Å². The van der Waals surface area contributed by atoms with Gasteiger partial charge in [-0.15, -0.1) is 0 Å². The molecule has 0 bridgehead atoms. The minimum atomic E-state index is -0.891. The van der Waals surface area contributed by atoms with Gasteiger partial charge in [-0.05, 0) is 18.9 Å². The highest BCUT2D eigenvalue weighted by molar-refractivity contribution is 5.68. The van der Waals surface area contributed by atoms with Gasteiger partial charge in [-0.3, -0.25) is 4.79 Å². The van der Waals surface area contributed by atoms with E-state index in [1.54, 1.807) is 0 Å². The van der Waals surface area contributed by atoms with Crippen molar-refractivity contribution in [1.82, 2.24) is 0 Å². The van der Waals surface area contributed by atoms with Crippen LogP contribution in [0.3, 0.4) is 0 Å². The lowest BCUT2D eigenvalue weighted by Gasteiger charge is -2.19. The third-order valence-corrected chi connectivity index (χ3v) is 1.72. The number of nitrogens with two attached hydrogens (primary N) is 1. The first-order valence-electron chi connectivity index (χ1n) is 4.00. The van der Waals surface area contributed by atoms with Crippen LogP contribution < -0.4 is 5.73 Å². The van der Waals surface area contributed by atoms with Crippen LogP contribution in [0, 0.1) is 0 Å². The molecule has 0 aromatic carbocycles. The Labute approximate surface area is 71.0 Å². The van der Waals surface area contributed by atoms with E-state index in [4.69, 9.17) is 15.6 Å². The van der Waals surface area contributed by atoms with Gasteiger partial charge in [0.15, 0.2) is 0 Å². The number of allylic oxidation sites excluding steroid dienone is 1. The van der Waals surface area contributed by atoms with E-state index in [-0.39, 0.29) is 6.42 Å². The van der Waals surface area contributed by atoms with Crippen LogP contribution in [0.1, 0.15) is 19.3 Å². The van der Waals surface area contributed by atoms with Crippen molar-refractivity contribution in [3.8, 4) is 0 Å². The maximum Gasteiger partial charge on any atom is 0.305 e. The summed E-state index contributed by atoms with van der Waals surface area (Å²) < 4.78 is 5.21. The van der Waals surface area contributed by atoms with Crippen LogP contribution in [-0.4, -0.2) is 23.7 Å². The Kier molecular flexibility index (Phi) is 3.10. The Morgan fingerprint density at radius 3 is 3.08 bits per heavy atom. The van der Waals surface area contributed by atoms with Gasteiger partial charge in [0.1, 0.15) is 5.76 Å². The summed E-state index contributed by atoms with van der Waals surface area (Å²) in [6.45, 7) is 0.652. The lowest BCUT2D eigenvalue weighted by atomic mass is 10.1. The molecule has 3 N–H and O–H groups in total. The van der Waals surface area contributed by atoms with Gasteiger partial charge in [-0.25, -0.2) is 0 Å². The molecule has 1 rings (SSSR count). The number of rotatable bonds is 3. The first-order chi connectivity index (χ1) is 5.70. The molecule has 12 heavy (non-hydrogen) atoms. The Balaban J connectivity index is 2.44. The molecule has 0 fully saturated rings. The number of carboxylic acid groups (broad SMARTS) is 1. The monoisotopic (exact) mass is 171 g/mol. The van der Waals surface area contributed by atoms with Crippen LogP contribution in [0.25, 0.3) is 0 Å². The molecule has 1 heterocycles. The normalized spacial score (nSPS) is 19.2. The highest BCUT2D eigenvalue weighted by Crippen LogP contribution is 2.13. The predicted octanol–water partition coefficient (Wildman–Crippen LogP) is 0.483. The minimum Gasteiger partial charge on any atom is -0.497 e. The second-order valence-electron chi connectivity index (χ2n) is 2.80. The molecule has 1 aliphatic heterocycles. The lowest BCUT2D eigenvalue weighted by Crippen LogP contribution is -2.28. The smallest absolute Gasteiger partial charge is 0.305 e. The van der Waals surface area contributed by atoms with Gasteiger partial charge < -0.3 is 15.6 Å². The van der Waals surface area contributed by atoms with Crippen molar-refractivity contribution in [1.29, 1.82) is 0 Å². The highest BCUT2D eigenvalue weighted by Gasteiger charge is 2.16. The fourth-order valence-corrected chi connectivity index (χ4v) is 1.12. The maximum atomic E-state index is 10.3. The summed E-state index contributed by atoms with van der Waals surface area (Å²) in [5, 5.41) is 8.45. The van der Waals surface area contributed by atoms with Crippen molar-refractivity contribution >= 4 is 5.97 Å². The molecule has 0 aromatic rings. The average Bonchev–Trinajstić information content (AvgIpc) is 2.05. The molecule has 4 nitrogen and oxygen atoms in total. The van der Waals surface area contributed by atoms with E-state index < -0.39 is 12.0 Å². The zero-order valence-electron chi connectivity index (χ0n) is 6.82. The summed E-state index contributed by atoms with van der Waals surface area (Å²) in [7, 11) is 0. The lowest BCUT2D eigenvalue weighted by molar-refractivity contribution is -0.137. The zero-order chi connectivity index (χ0) is 8.97. The van der Waals surface area contributed by atoms with Crippen molar-refractivity contribution in [2.45, 2.75) is 25.3 Å². The molecule has 0 spiro atoms. The Hall–Kier alpha value is -1.03. The molecule has 0 aromatic heterocycles. The van der Waals surface area contributed by atoms with E-state index in [0.717, 1.165) is 12.8 Å². The topological polar surface area (TPSA) is 72.6 Å². The zero-order valence-corrected chi connectivity index (χ0v) is 6.82. The summed E-state index contributed by atoms with van der Waals surface area (Å²) in [5.41, 5.74) is 5.58. The van der Waals surface area contributed by atoms with E-state index in [2.05, 4.69) is 0 Å². The Bertz CT molecular complexity index is 200. The first kappa shape index (κ1) is 9.06. The molecule has 0 saturated heterocycles. The van der Waals surface area contributed by atoms with E-state index in [1.165, 1.54) is 0 Å². The SMILES string of the molecule is NC(CC(=O)O)C1=CCCCO1. The number of carbonyl (C=O) groups is 1. The largest absolute Gasteiger partial charge is 0.497 e. The number of carboxylic acids is 1. The van der Waals surface area contributed by atoms with Crippen molar-refractivity contribution in [2.24, 2.45) is 5.73 Å². The second kappa shape index (κ2) is 4.11. The number of ether oxygens (including phenoxy) is 1. The number of hydrogen-bond donors (Lipinski definition) is 2. The summed E-state index contributed by atoms with van der Waals surface area (Å²) in [6, 6.07) is -0.484. The molecular formula is C8H13NO3. The van der Waals surface area contributed by atoms with Crippen LogP contribution in [0.4, 0.5) is 0 Å². The van der Waals surface area contributed by atoms with E-state index in [0.29, 0.717) is 12.4 Å². The molecule has 4 heteroatoms. The number of aliphatic carboxylic acids is 1. The molecule has 68 valence electrons. The maximum absolute atomic E-state index is 10.3. The molecule has 1 aliphatic rings. The van der Waals surface area contributed by atoms with Gasteiger partial charge in [0, 0.05) is 0 Å². The molecule has 0 saturated carbocycles. The van der Waals surface area contributed by atoms with E-state index in [1.807, 2.05) is 6.08 Å². The fourth-order valence-electron chi connectivity index (χ4n) is 1.12. The highest BCUT2D eigenvalue weighted by atomic mass is 16.5. The van der Waals surface area contributed by atoms with Crippen LogP contribution in [0.15, 0.2) is 11.8 Å². The quantitative estimate of drug-likeness (QED) is 0.648. The summed E-state index contributed by atoms with van der Waals surface area (Å²) in [5.74, 6) is -0.263. The predicted molar refractivity (Wildman–Crippen MR) is 43.5 cm³/mol. The van der Waals surface area contributed by atoms with Crippen LogP contribution in [0.2, 0.25) is 0 Å². The third kappa shape index (κ3) is 2.54. The number of hydrogen-bond acceptors (Lipinski definition) is 3. The van der Waals surface area contributed by atoms with E-state index >= 15 is 0 Å². The van der Waals surface area contributed by atoms with Crippen molar-refractivity contribution in [3.63, 3.8) is 0 Å². The van der Waals surface area contributed by atoms with Crippen molar-refractivity contribution < 1.29 is 14.6 Å². The average molecular weight is 171 g/mol. The van der Waals surface area contributed by atoms with Crippen molar-refractivity contribution in [2.75, 3.05) is 6.61 Å². The summed E-state index contributed by atoms with van der Waals surface area (Å²) >= 11 is 0. The first-order valence-corrected chi connectivity index (χ1v) is 4.00. The molecule has 1 unspecified atom stereocenters. The van der Waals surface area contributed by atoms with Gasteiger partial charge in [0.05, 0.1) is 19.1 Å². The molecule has 0 amide bonds. The molecular weight excluding hydrogens is 158 g/mol. The third-order valence-electron chi connectivity index (χ3n) is 1.72. The van der Waals surface area contributed by atoms with Gasteiger partial charge in [0.25, 0.3) is 0 Å². The van der Waals surface area contributed by atoms with E-state index in [9.17, 15) is 4.79 Å². The van der Waals surface area contributed by atoms with Crippen LogP contribution in [-0.2, 0) is 9.53 Å². The minimum absolute atomic E-state index is 0.0637. The summed E-state index contributed by atoms with van der Waals surface area (Å²) in [4.78, 5) is 10.3. The second-order valence-corrected chi connectivity index (χ2v) is 2.80. The molecule has 0 radical (unpaired) electrons. The Morgan fingerprint density at radius 2 is 2.58 bits per heavy atom. The fraction of sp³-hybridized carbons (Fsp3) is 0.625. The van der Waals surface area contributed by atoms with Gasteiger partial charge >= 0.3 is 5.97 Å². The Morgan fingerprint density at radius 1 is 1.83 bits per heavy atom. The molecule has 1 atom stereocenters. The standard InChI is InChI=1S/C8H13NO3/c9-6(5-8(10)11)7-3-1-2-4-12-7/h3,6H,1-2,4-5,9H2,(H,10,11). The van der Waals surface area contributed by atoms with Gasteiger partial charge in [-0.2, -0.15) is 0 Å².